The number of carbonyl (C=O) groups is 3. The minimum Gasteiger partial charge on any atom is -0.495 e. The molecule has 0 bridgehead atoms. The summed E-state index contributed by atoms with van der Waals surface area (Å²) in [7, 11) is 1.46. The molecule has 162 valence electrons. The van der Waals surface area contributed by atoms with Crippen molar-refractivity contribution in [1.29, 1.82) is 0 Å². The van der Waals surface area contributed by atoms with Gasteiger partial charge in [0.2, 0.25) is 0 Å². The van der Waals surface area contributed by atoms with E-state index in [-0.39, 0.29) is 5.75 Å². The van der Waals surface area contributed by atoms with Gasteiger partial charge in [0.15, 0.2) is 0 Å². The van der Waals surface area contributed by atoms with Gasteiger partial charge in [0.05, 0.1) is 24.1 Å². The van der Waals surface area contributed by atoms with Gasteiger partial charge in [0.25, 0.3) is 0 Å². The van der Waals surface area contributed by atoms with Crippen molar-refractivity contribution < 1.29 is 23.9 Å². The average Bonchev–Trinajstić information content (AvgIpc) is 2.83. The molecule has 0 aliphatic rings. The Balaban J connectivity index is 1.69. The number of anilines is 1. The maximum Gasteiger partial charge on any atom is 0.343 e. The first-order valence-electron chi connectivity index (χ1n) is 9.65. The summed E-state index contributed by atoms with van der Waals surface area (Å²) >= 11 is 0. The van der Waals surface area contributed by atoms with Crippen LogP contribution in [0.2, 0.25) is 0 Å². The minimum atomic E-state index is -0.964. The van der Waals surface area contributed by atoms with Gasteiger partial charge in [0.1, 0.15) is 11.5 Å². The molecule has 0 fully saturated rings. The lowest BCUT2D eigenvalue weighted by atomic mass is 10.1. The van der Waals surface area contributed by atoms with E-state index in [1.165, 1.54) is 7.11 Å². The molecule has 3 aromatic rings. The summed E-state index contributed by atoms with van der Waals surface area (Å²) in [6.07, 6.45) is 0. The predicted octanol–water partition coefficient (Wildman–Crippen LogP) is 3.39. The Morgan fingerprint density at radius 3 is 2.12 bits per heavy atom. The summed E-state index contributed by atoms with van der Waals surface area (Å²) in [5, 5.41) is 6.44. The molecule has 8 heteroatoms. The van der Waals surface area contributed by atoms with Gasteiger partial charge in [-0.15, -0.1) is 0 Å². The number of esters is 1. The zero-order valence-corrected chi connectivity index (χ0v) is 17.5. The average molecular weight is 431 g/mol. The molecule has 32 heavy (non-hydrogen) atoms. The maximum atomic E-state index is 12.4. The number of benzene rings is 3. The standard InChI is InChI=1S/C24H21N3O5/c1-16(26-27-23(29)22(28)25-19-13-7-9-15-21(19)31-2)18-12-6-8-14-20(18)32-24(30)17-10-4-3-5-11-17/h3-15H,1-2H3,(H,25,28)(H,27,29)/b26-16+. The van der Waals surface area contributed by atoms with Crippen LogP contribution in [0.25, 0.3) is 0 Å². The first-order chi connectivity index (χ1) is 15.5. The van der Waals surface area contributed by atoms with Crippen LogP contribution in [0.1, 0.15) is 22.8 Å². The van der Waals surface area contributed by atoms with Crippen molar-refractivity contribution in [1.82, 2.24) is 5.43 Å². The summed E-state index contributed by atoms with van der Waals surface area (Å²) in [6.45, 7) is 1.62. The van der Waals surface area contributed by atoms with Crippen LogP contribution in [0, 0.1) is 0 Å². The van der Waals surface area contributed by atoms with Crippen molar-refractivity contribution in [3.8, 4) is 11.5 Å². The third-order valence-electron chi connectivity index (χ3n) is 4.38. The molecule has 0 saturated carbocycles. The SMILES string of the molecule is COc1ccccc1NC(=O)C(=O)N/N=C(\C)c1ccccc1OC(=O)c1ccccc1. The van der Waals surface area contributed by atoms with E-state index in [0.29, 0.717) is 28.3 Å². The van der Waals surface area contributed by atoms with Gasteiger partial charge < -0.3 is 14.8 Å². The number of ether oxygens (including phenoxy) is 2. The Morgan fingerprint density at radius 2 is 1.41 bits per heavy atom. The number of hydrogen-bond donors (Lipinski definition) is 2. The largest absolute Gasteiger partial charge is 0.495 e. The second-order valence-corrected chi connectivity index (χ2v) is 6.54. The van der Waals surface area contributed by atoms with Gasteiger partial charge in [0, 0.05) is 5.56 Å². The highest BCUT2D eigenvalue weighted by atomic mass is 16.5. The van der Waals surface area contributed by atoms with E-state index in [9.17, 15) is 14.4 Å². The topological polar surface area (TPSA) is 106 Å². The number of rotatable bonds is 6. The molecule has 0 saturated heterocycles. The van der Waals surface area contributed by atoms with Crippen LogP contribution in [0.5, 0.6) is 11.5 Å². The highest BCUT2D eigenvalue weighted by Crippen LogP contribution is 2.23. The van der Waals surface area contributed by atoms with Gasteiger partial charge in [-0.1, -0.05) is 42.5 Å². The summed E-state index contributed by atoms with van der Waals surface area (Å²) < 4.78 is 10.6. The van der Waals surface area contributed by atoms with Crippen LogP contribution < -0.4 is 20.2 Å². The summed E-state index contributed by atoms with van der Waals surface area (Å²) in [5.74, 6) is -1.70. The van der Waals surface area contributed by atoms with Crippen LogP contribution in [-0.2, 0) is 9.59 Å². The zero-order chi connectivity index (χ0) is 22.9. The normalized spacial score (nSPS) is 10.8. The second-order valence-electron chi connectivity index (χ2n) is 6.54. The Kier molecular flexibility index (Phi) is 7.32. The Morgan fingerprint density at radius 1 is 0.781 bits per heavy atom. The number of hydrazone groups is 1. The molecule has 2 N–H and O–H groups in total. The van der Waals surface area contributed by atoms with E-state index in [1.54, 1.807) is 85.8 Å². The van der Waals surface area contributed by atoms with Gasteiger partial charge in [-0.3, -0.25) is 9.59 Å². The summed E-state index contributed by atoms with van der Waals surface area (Å²) in [6, 6.07) is 22.0. The fourth-order valence-corrected chi connectivity index (χ4v) is 2.76. The lowest BCUT2D eigenvalue weighted by molar-refractivity contribution is -0.136. The highest BCUT2D eigenvalue weighted by molar-refractivity contribution is 6.39. The third kappa shape index (κ3) is 5.57. The molecule has 2 amide bonds. The molecule has 0 atom stereocenters. The van der Waals surface area contributed by atoms with Crippen LogP contribution in [0.3, 0.4) is 0 Å². The predicted molar refractivity (Wildman–Crippen MR) is 120 cm³/mol. The minimum absolute atomic E-state index is 0.273. The maximum absolute atomic E-state index is 12.4. The lowest BCUT2D eigenvalue weighted by Crippen LogP contribution is -2.33. The summed E-state index contributed by atoms with van der Waals surface area (Å²) in [4.78, 5) is 36.7. The fraction of sp³-hybridized carbons (Fsp3) is 0.0833. The van der Waals surface area contributed by atoms with Crippen LogP contribution in [0.15, 0.2) is 84.0 Å². The van der Waals surface area contributed by atoms with Gasteiger partial charge in [-0.25, -0.2) is 10.2 Å². The molecule has 0 aromatic heterocycles. The van der Waals surface area contributed by atoms with Gasteiger partial charge >= 0.3 is 17.8 Å². The number of amides is 2. The van der Waals surface area contributed by atoms with E-state index in [2.05, 4.69) is 15.8 Å². The van der Waals surface area contributed by atoms with Crippen LogP contribution in [0.4, 0.5) is 5.69 Å². The van der Waals surface area contributed by atoms with Crippen LogP contribution in [-0.4, -0.2) is 30.6 Å². The molecule has 8 nitrogen and oxygen atoms in total. The number of nitrogens with one attached hydrogen (secondary N) is 2. The van der Waals surface area contributed by atoms with E-state index in [4.69, 9.17) is 9.47 Å². The van der Waals surface area contributed by atoms with Crippen molar-refractivity contribution in [2.75, 3.05) is 12.4 Å². The molecule has 0 spiro atoms. The fourth-order valence-electron chi connectivity index (χ4n) is 2.76. The zero-order valence-electron chi connectivity index (χ0n) is 17.5. The number of hydrogen-bond acceptors (Lipinski definition) is 6. The van der Waals surface area contributed by atoms with Crippen molar-refractivity contribution >= 4 is 29.2 Å². The molecular weight excluding hydrogens is 410 g/mol. The number of methoxy groups -OCH3 is 1. The van der Waals surface area contributed by atoms with Gasteiger partial charge in [-0.2, -0.15) is 5.10 Å². The smallest absolute Gasteiger partial charge is 0.343 e. The van der Waals surface area contributed by atoms with Crippen molar-refractivity contribution in [2.24, 2.45) is 5.10 Å². The Labute approximate surface area is 184 Å². The second kappa shape index (κ2) is 10.5. The van der Waals surface area contributed by atoms with Crippen molar-refractivity contribution in [3.05, 3.63) is 90.0 Å². The molecule has 0 heterocycles. The molecule has 0 unspecified atom stereocenters. The lowest BCUT2D eigenvalue weighted by Gasteiger charge is -2.11. The van der Waals surface area contributed by atoms with Gasteiger partial charge in [-0.05, 0) is 43.3 Å². The summed E-state index contributed by atoms with van der Waals surface area (Å²) in [5.41, 5.74) is 3.80. The monoisotopic (exact) mass is 431 g/mol. The molecule has 0 aliphatic heterocycles. The van der Waals surface area contributed by atoms with Crippen molar-refractivity contribution in [3.63, 3.8) is 0 Å². The quantitative estimate of drug-likeness (QED) is 0.205. The molecule has 0 radical (unpaired) electrons. The number of carbonyl (C=O) groups excluding carboxylic acids is 3. The molecular formula is C24H21N3O5. The molecule has 3 aromatic carbocycles. The first-order valence-corrected chi connectivity index (χ1v) is 9.65. The third-order valence-corrected chi connectivity index (χ3v) is 4.38. The number of nitrogens with zero attached hydrogens (tertiary/aromatic N) is 1. The Hall–Kier alpha value is -4.46. The van der Waals surface area contributed by atoms with E-state index >= 15 is 0 Å². The van der Waals surface area contributed by atoms with E-state index in [0.717, 1.165) is 0 Å². The first kappa shape index (κ1) is 22.2. The van der Waals surface area contributed by atoms with Crippen molar-refractivity contribution in [2.45, 2.75) is 6.92 Å². The molecule has 0 aliphatic carbocycles. The molecule has 3 rings (SSSR count). The Bertz CT molecular complexity index is 1160. The van der Waals surface area contributed by atoms with E-state index in [1.807, 2.05) is 0 Å². The van der Waals surface area contributed by atoms with Crippen LogP contribution >= 0.6 is 0 Å². The highest BCUT2D eigenvalue weighted by Gasteiger charge is 2.17. The number of para-hydroxylation sites is 3. The van der Waals surface area contributed by atoms with E-state index < -0.39 is 17.8 Å².